The molecule has 0 spiro atoms. The molecule has 8 nitrogen and oxygen atoms in total. The lowest BCUT2D eigenvalue weighted by Crippen LogP contribution is -2.21. The third-order valence-electron chi connectivity index (χ3n) is 4.89. The number of aliphatic imine (C=N–C) groups is 1. The third kappa shape index (κ3) is 5.57. The molecule has 1 atom stereocenters. The van der Waals surface area contributed by atoms with Crippen LogP contribution in [0.25, 0.3) is 11.4 Å². The second-order valence-corrected chi connectivity index (χ2v) is 7.58. The van der Waals surface area contributed by atoms with Crippen LogP contribution in [0.1, 0.15) is 61.2 Å². The molecule has 1 aromatic carbocycles. The first-order valence-corrected chi connectivity index (χ1v) is 10.7. The van der Waals surface area contributed by atoms with Crippen LogP contribution in [0.3, 0.4) is 0 Å². The molecule has 0 aliphatic rings. The van der Waals surface area contributed by atoms with Crippen LogP contribution in [-0.4, -0.2) is 33.1 Å². The van der Waals surface area contributed by atoms with E-state index in [-0.39, 0.29) is 6.04 Å². The van der Waals surface area contributed by atoms with E-state index in [1.165, 1.54) is 0 Å². The van der Waals surface area contributed by atoms with Crippen molar-refractivity contribution in [3.8, 4) is 17.1 Å². The smallest absolute Gasteiger partial charge is 0.240 e. The highest BCUT2D eigenvalue weighted by Crippen LogP contribution is 2.29. The first kappa shape index (κ1) is 23.1. The van der Waals surface area contributed by atoms with Gasteiger partial charge in [0.1, 0.15) is 17.6 Å². The second kappa shape index (κ2) is 10.7. The normalized spacial score (nSPS) is 12.9. The van der Waals surface area contributed by atoms with Crippen LogP contribution >= 0.6 is 0 Å². The summed E-state index contributed by atoms with van der Waals surface area (Å²) in [6, 6.07) is 3.63. The molecule has 0 fully saturated rings. The van der Waals surface area contributed by atoms with E-state index in [1.54, 1.807) is 26.4 Å². The number of nitrogens with one attached hydrogen (secondary N) is 1. The molecular formula is C24H30N6O2. The van der Waals surface area contributed by atoms with Crippen molar-refractivity contribution in [1.82, 2.24) is 25.5 Å². The second-order valence-electron chi connectivity index (χ2n) is 7.58. The Balaban J connectivity index is 2.10. The highest BCUT2D eigenvalue weighted by Gasteiger charge is 2.18. The number of nitrogens with zero attached hydrogens (tertiary/aromatic N) is 5. The van der Waals surface area contributed by atoms with Crippen molar-refractivity contribution in [1.29, 1.82) is 0 Å². The van der Waals surface area contributed by atoms with Gasteiger partial charge in [-0.2, -0.15) is 0 Å². The number of benzene rings is 1. The Hall–Kier alpha value is -3.55. The van der Waals surface area contributed by atoms with Gasteiger partial charge in [-0.3, -0.25) is 4.99 Å². The van der Waals surface area contributed by atoms with Crippen molar-refractivity contribution in [3.63, 3.8) is 0 Å². The largest absolute Gasteiger partial charge is 0.496 e. The molecule has 2 heterocycles. The van der Waals surface area contributed by atoms with E-state index in [4.69, 9.17) is 14.1 Å². The van der Waals surface area contributed by atoms with Gasteiger partial charge in [0, 0.05) is 36.0 Å². The molecule has 3 rings (SSSR count). The van der Waals surface area contributed by atoms with Crippen LogP contribution in [0.2, 0.25) is 0 Å². The third-order valence-corrected chi connectivity index (χ3v) is 4.89. The minimum absolute atomic E-state index is 0.331. The monoisotopic (exact) mass is 434 g/mol. The number of hydrogen-bond acceptors (Lipinski definition) is 7. The molecule has 0 bridgehead atoms. The van der Waals surface area contributed by atoms with Gasteiger partial charge in [-0.25, -0.2) is 9.97 Å². The molecule has 0 amide bonds. The van der Waals surface area contributed by atoms with Crippen LogP contribution in [0.4, 0.5) is 0 Å². The molecule has 0 aliphatic heterocycles. The maximum absolute atomic E-state index is 5.66. The summed E-state index contributed by atoms with van der Waals surface area (Å²) in [6.45, 7) is 9.79. The summed E-state index contributed by atoms with van der Waals surface area (Å²) in [6.07, 6.45) is 9.63. The Morgan fingerprint density at radius 3 is 2.56 bits per heavy atom. The van der Waals surface area contributed by atoms with Crippen LogP contribution in [0, 0.1) is 20.8 Å². The number of methoxy groups -OCH3 is 1. The quantitative estimate of drug-likeness (QED) is 0.399. The first-order valence-electron chi connectivity index (χ1n) is 10.7. The van der Waals surface area contributed by atoms with E-state index in [1.807, 2.05) is 39.1 Å². The predicted molar refractivity (Wildman–Crippen MR) is 125 cm³/mol. The van der Waals surface area contributed by atoms with E-state index in [9.17, 15) is 0 Å². The van der Waals surface area contributed by atoms with E-state index >= 15 is 0 Å². The lowest BCUT2D eigenvalue weighted by Gasteiger charge is -2.16. The number of hydrogen-bond donors (Lipinski definition) is 1. The van der Waals surface area contributed by atoms with Crippen molar-refractivity contribution in [3.05, 3.63) is 65.3 Å². The maximum atomic E-state index is 5.66. The van der Waals surface area contributed by atoms with Crippen molar-refractivity contribution < 1.29 is 9.15 Å². The van der Waals surface area contributed by atoms with Crippen molar-refractivity contribution >= 4 is 5.84 Å². The minimum atomic E-state index is -0.331. The van der Waals surface area contributed by atoms with Gasteiger partial charge in [0.05, 0.1) is 7.11 Å². The van der Waals surface area contributed by atoms with Gasteiger partial charge >= 0.3 is 0 Å². The van der Waals surface area contributed by atoms with E-state index < -0.39 is 0 Å². The van der Waals surface area contributed by atoms with Gasteiger partial charge in [-0.05, 0) is 51.1 Å². The number of aromatic nitrogens is 4. The van der Waals surface area contributed by atoms with Crippen LogP contribution in [0.5, 0.6) is 5.75 Å². The average Bonchev–Trinajstić information content (AvgIpc) is 3.23. The Bertz CT molecular complexity index is 1100. The van der Waals surface area contributed by atoms with Gasteiger partial charge in [-0.1, -0.05) is 19.4 Å². The van der Waals surface area contributed by atoms with Crippen molar-refractivity contribution in [2.45, 2.75) is 53.5 Å². The molecule has 1 unspecified atom stereocenters. The molecule has 2 aromatic heterocycles. The maximum Gasteiger partial charge on any atom is 0.240 e. The zero-order valence-electron chi connectivity index (χ0n) is 19.5. The number of unbranched alkanes of at least 4 members (excludes halogenated alkanes) is 1. The van der Waals surface area contributed by atoms with Crippen molar-refractivity contribution in [2.24, 2.45) is 4.99 Å². The Morgan fingerprint density at radius 2 is 1.94 bits per heavy atom. The zero-order chi connectivity index (χ0) is 23.1. The number of ether oxygens (including phenoxy) is 1. The highest BCUT2D eigenvalue weighted by atomic mass is 16.5. The predicted octanol–water partition coefficient (Wildman–Crippen LogP) is 4.87. The summed E-state index contributed by atoms with van der Waals surface area (Å²) in [4.78, 5) is 13.8. The number of allylic oxidation sites excluding steroid dienone is 1. The van der Waals surface area contributed by atoms with Gasteiger partial charge in [0.25, 0.3) is 0 Å². The number of rotatable bonds is 8. The summed E-state index contributed by atoms with van der Waals surface area (Å²) in [7, 11) is 1.65. The standard InChI is InChI=1S/C24H30N6O2/c1-7-8-9-10-25-23(28-17(4)24-30-29-18(5)32-24)20-11-19(12-21(31-6)16(20)3)22-26-13-15(2)14-27-22/h9-14,17H,7-8H2,1-6H3,(H,25,28)/b10-9+. The van der Waals surface area contributed by atoms with Crippen molar-refractivity contribution in [2.75, 3.05) is 7.11 Å². The van der Waals surface area contributed by atoms with E-state index in [2.05, 4.69) is 38.5 Å². The molecule has 0 radical (unpaired) electrons. The van der Waals surface area contributed by atoms with Gasteiger partial charge in [0.15, 0.2) is 5.82 Å². The SMILES string of the molecule is CCC/C=C/NC(=NC(C)c1nnc(C)o1)c1cc(-c2ncc(C)cn2)cc(OC)c1C. The molecule has 168 valence electrons. The molecule has 0 saturated heterocycles. The number of amidine groups is 1. The fourth-order valence-corrected chi connectivity index (χ4v) is 3.12. The average molecular weight is 435 g/mol. The molecule has 3 aromatic rings. The van der Waals surface area contributed by atoms with Crippen LogP contribution in [-0.2, 0) is 0 Å². The van der Waals surface area contributed by atoms with Gasteiger partial charge in [-0.15, -0.1) is 10.2 Å². The molecule has 8 heteroatoms. The Labute approximate surface area is 188 Å². The fourth-order valence-electron chi connectivity index (χ4n) is 3.12. The molecule has 0 aliphatic carbocycles. The number of aryl methyl sites for hydroxylation is 2. The Morgan fingerprint density at radius 1 is 1.19 bits per heavy atom. The lowest BCUT2D eigenvalue weighted by atomic mass is 10.0. The summed E-state index contributed by atoms with van der Waals surface area (Å²) in [5.74, 6) is 3.00. The summed E-state index contributed by atoms with van der Waals surface area (Å²) < 4.78 is 11.2. The molecule has 1 N–H and O–H groups in total. The summed E-state index contributed by atoms with van der Waals surface area (Å²) in [5.41, 5.74) is 3.68. The lowest BCUT2D eigenvalue weighted by molar-refractivity contribution is 0.411. The van der Waals surface area contributed by atoms with E-state index in [0.717, 1.165) is 40.8 Å². The molecule has 32 heavy (non-hydrogen) atoms. The first-order chi connectivity index (χ1) is 15.4. The van der Waals surface area contributed by atoms with Crippen LogP contribution < -0.4 is 10.1 Å². The highest BCUT2D eigenvalue weighted by molar-refractivity contribution is 6.02. The Kier molecular flexibility index (Phi) is 7.70. The van der Waals surface area contributed by atoms with E-state index in [0.29, 0.717) is 23.4 Å². The fraction of sp³-hybridized carbons (Fsp3) is 0.375. The van der Waals surface area contributed by atoms with Crippen LogP contribution in [0.15, 0.2) is 46.2 Å². The molecular weight excluding hydrogens is 404 g/mol. The summed E-state index contributed by atoms with van der Waals surface area (Å²) >= 11 is 0. The summed E-state index contributed by atoms with van der Waals surface area (Å²) in [5, 5.41) is 11.4. The topological polar surface area (TPSA) is 98.3 Å². The zero-order valence-corrected chi connectivity index (χ0v) is 19.5. The molecule has 0 saturated carbocycles. The minimum Gasteiger partial charge on any atom is -0.496 e. The van der Waals surface area contributed by atoms with Gasteiger partial charge in [0.2, 0.25) is 11.8 Å². The van der Waals surface area contributed by atoms with Gasteiger partial charge < -0.3 is 14.5 Å².